The number of hydrogen-bond acceptors (Lipinski definition) is 5. The fourth-order valence-corrected chi connectivity index (χ4v) is 2.32. The molecule has 0 aliphatic carbocycles. The summed E-state index contributed by atoms with van der Waals surface area (Å²) in [6, 6.07) is 0. The lowest BCUT2D eigenvalue weighted by atomic mass is 9.78. The first-order chi connectivity index (χ1) is 8.22. The molecule has 0 aromatic carbocycles. The number of aromatic nitrogens is 2. The van der Waals surface area contributed by atoms with Crippen molar-refractivity contribution < 1.29 is 9.26 Å². The Hall–Kier alpha value is -0.940. The molecule has 1 N–H and O–H groups in total. The molecule has 0 spiro atoms. The molecular formula is C12H21N3O2. The van der Waals surface area contributed by atoms with Gasteiger partial charge in [0.2, 0.25) is 5.89 Å². The van der Waals surface area contributed by atoms with Gasteiger partial charge in [0, 0.05) is 13.7 Å². The highest BCUT2D eigenvalue weighted by atomic mass is 16.5. The molecule has 5 heteroatoms. The lowest BCUT2D eigenvalue weighted by molar-refractivity contribution is 0.109. The molecule has 1 aliphatic rings. The first-order valence-corrected chi connectivity index (χ1v) is 6.29. The quantitative estimate of drug-likeness (QED) is 0.868. The molecule has 1 aromatic rings. The Balaban J connectivity index is 2.22. The predicted molar refractivity (Wildman–Crippen MR) is 63.8 cm³/mol. The second-order valence-electron chi connectivity index (χ2n) is 4.75. The third-order valence-corrected chi connectivity index (χ3v) is 3.76. The molecule has 0 amide bonds. The zero-order valence-electron chi connectivity index (χ0n) is 10.8. The lowest BCUT2D eigenvalue weighted by Crippen LogP contribution is -2.43. The van der Waals surface area contributed by atoms with Crippen LogP contribution in [0, 0.1) is 0 Å². The molecule has 1 fully saturated rings. The van der Waals surface area contributed by atoms with Crippen LogP contribution in [-0.2, 0) is 10.2 Å². The molecule has 0 saturated carbocycles. The predicted octanol–water partition coefficient (Wildman–Crippen LogP) is 1.81. The van der Waals surface area contributed by atoms with Crippen LogP contribution in [0.2, 0.25) is 0 Å². The molecule has 1 aromatic heterocycles. The number of nitrogens with zero attached hydrogens (tertiary/aromatic N) is 2. The van der Waals surface area contributed by atoms with Crippen LogP contribution in [0.25, 0.3) is 0 Å². The summed E-state index contributed by atoms with van der Waals surface area (Å²) in [6.45, 7) is 6.10. The summed E-state index contributed by atoms with van der Waals surface area (Å²) in [5.41, 5.74) is 0.0109. The van der Waals surface area contributed by atoms with E-state index in [-0.39, 0.29) is 11.5 Å². The molecule has 2 heterocycles. The smallest absolute Gasteiger partial charge is 0.234 e. The number of rotatable bonds is 4. The number of hydrogen-bond donors (Lipinski definition) is 1. The van der Waals surface area contributed by atoms with Crippen LogP contribution in [0.15, 0.2) is 4.52 Å². The molecule has 5 nitrogen and oxygen atoms in total. The van der Waals surface area contributed by atoms with Crippen molar-refractivity contribution in [2.45, 2.75) is 44.6 Å². The third kappa shape index (κ3) is 2.35. The minimum Gasteiger partial charge on any atom is -0.374 e. The number of ether oxygens (including phenoxy) is 1. The Morgan fingerprint density at radius 3 is 3.00 bits per heavy atom. The highest BCUT2D eigenvalue weighted by Gasteiger charge is 2.37. The molecule has 96 valence electrons. The van der Waals surface area contributed by atoms with Crippen LogP contribution in [-0.4, -0.2) is 30.3 Å². The monoisotopic (exact) mass is 239 g/mol. The summed E-state index contributed by atoms with van der Waals surface area (Å²) in [6.07, 6.45) is 3.17. The molecule has 0 bridgehead atoms. The maximum Gasteiger partial charge on any atom is 0.234 e. The Morgan fingerprint density at radius 1 is 1.59 bits per heavy atom. The van der Waals surface area contributed by atoms with Crippen molar-refractivity contribution >= 4 is 0 Å². The van der Waals surface area contributed by atoms with Gasteiger partial charge in [-0.2, -0.15) is 4.98 Å². The Morgan fingerprint density at radius 2 is 2.41 bits per heavy atom. The maximum atomic E-state index is 5.44. The number of piperidine rings is 1. The van der Waals surface area contributed by atoms with Crippen LogP contribution < -0.4 is 5.32 Å². The van der Waals surface area contributed by atoms with E-state index < -0.39 is 0 Å². The molecule has 2 atom stereocenters. The number of nitrogens with one attached hydrogen (secondary N) is 1. The summed E-state index contributed by atoms with van der Waals surface area (Å²) < 4.78 is 10.6. The largest absolute Gasteiger partial charge is 0.374 e. The van der Waals surface area contributed by atoms with Gasteiger partial charge >= 0.3 is 0 Å². The van der Waals surface area contributed by atoms with Gasteiger partial charge in [-0.25, -0.2) is 0 Å². The third-order valence-electron chi connectivity index (χ3n) is 3.76. The highest BCUT2D eigenvalue weighted by molar-refractivity contribution is 5.08. The van der Waals surface area contributed by atoms with Crippen LogP contribution in [0.1, 0.15) is 50.9 Å². The summed E-state index contributed by atoms with van der Waals surface area (Å²) >= 11 is 0. The van der Waals surface area contributed by atoms with E-state index in [0.717, 1.165) is 38.2 Å². The molecule has 1 aliphatic heterocycles. The number of methoxy groups -OCH3 is 1. The first-order valence-electron chi connectivity index (χ1n) is 6.29. The van der Waals surface area contributed by atoms with E-state index in [9.17, 15) is 0 Å². The zero-order chi connectivity index (χ0) is 12.3. The van der Waals surface area contributed by atoms with E-state index in [2.05, 4.69) is 22.4 Å². The van der Waals surface area contributed by atoms with Crippen molar-refractivity contribution in [1.82, 2.24) is 15.5 Å². The van der Waals surface area contributed by atoms with Gasteiger partial charge in [-0.3, -0.25) is 0 Å². The van der Waals surface area contributed by atoms with Crippen LogP contribution in [0.4, 0.5) is 0 Å². The fraction of sp³-hybridized carbons (Fsp3) is 0.833. The van der Waals surface area contributed by atoms with Crippen molar-refractivity contribution in [3.05, 3.63) is 11.7 Å². The first kappa shape index (κ1) is 12.5. The van der Waals surface area contributed by atoms with E-state index in [4.69, 9.17) is 9.26 Å². The normalized spacial score (nSPS) is 27.0. The van der Waals surface area contributed by atoms with Gasteiger partial charge in [0.25, 0.3) is 0 Å². The van der Waals surface area contributed by atoms with Crippen molar-refractivity contribution in [2.75, 3.05) is 20.2 Å². The summed E-state index contributed by atoms with van der Waals surface area (Å²) in [5, 5.41) is 7.43. The summed E-state index contributed by atoms with van der Waals surface area (Å²) in [5.74, 6) is 1.40. The van der Waals surface area contributed by atoms with Gasteiger partial charge < -0.3 is 14.6 Å². The van der Waals surface area contributed by atoms with E-state index >= 15 is 0 Å². The second kappa shape index (κ2) is 5.14. The fourth-order valence-electron chi connectivity index (χ4n) is 2.32. The van der Waals surface area contributed by atoms with Gasteiger partial charge in [-0.1, -0.05) is 12.1 Å². The second-order valence-corrected chi connectivity index (χ2v) is 4.75. The molecule has 2 rings (SSSR count). The highest BCUT2D eigenvalue weighted by Crippen LogP contribution is 2.33. The summed E-state index contributed by atoms with van der Waals surface area (Å²) in [7, 11) is 1.65. The van der Waals surface area contributed by atoms with E-state index in [1.807, 2.05) is 6.92 Å². The minimum atomic E-state index is -0.113. The molecule has 17 heavy (non-hydrogen) atoms. The minimum absolute atomic E-state index is 0.0109. The van der Waals surface area contributed by atoms with E-state index in [1.165, 1.54) is 0 Å². The van der Waals surface area contributed by atoms with Gasteiger partial charge in [0.1, 0.15) is 6.10 Å². The Labute approximate surface area is 102 Å². The van der Waals surface area contributed by atoms with E-state index in [1.54, 1.807) is 7.11 Å². The summed E-state index contributed by atoms with van der Waals surface area (Å²) in [4.78, 5) is 4.50. The maximum absolute atomic E-state index is 5.44. The average molecular weight is 239 g/mol. The molecule has 2 unspecified atom stereocenters. The van der Waals surface area contributed by atoms with Gasteiger partial charge in [0.15, 0.2) is 5.82 Å². The van der Waals surface area contributed by atoms with Gasteiger partial charge in [0.05, 0.1) is 5.41 Å². The zero-order valence-corrected chi connectivity index (χ0v) is 10.8. The molecular weight excluding hydrogens is 218 g/mol. The molecule has 1 saturated heterocycles. The topological polar surface area (TPSA) is 60.2 Å². The lowest BCUT2D eigenvalue weighted by Gasteiger charge is -2.33. The van der Waals surface area contributed by atoms with E-state index in [0.29, 0.717) is 5.82 Å². The van der Waals surface area contributed by atoms with Gasteiger partial charge in [-0.05, 0) is 32.7 Å². The van der Waals surface area contributed by atoms with Crippen molar-refractivity contribution in [3.63, 3.8) is 0 Å². The Bertz CT molecular complexity index is 358. The van der Waals surface area contributed by atoms with Crippen LogP contribution >= 0.6 is 0 Å². The van der Waals surface area contributed by atoms with Crippen molar-refractivity contribution in [2.24, 2.45) is 0 Å². The Kier molecular flexibility index (Phi) is 3.79. The SMILES string of the molecule is CCC1(c2nc(C(C)OC)no2)CCCNC1. The van der Waals surface area contributed by atoms with Crippen molar-refractivity contribution in [3.8, 4) is 0 Å². The molecule has 0 radical (unpaired) electrons. The van der Waals surface area contributed by atoms with Gasteiger partial charge in [-0.15, -0.1) is 0 Å². The average Bonchev–Trinajstić information content (AvgIpc) is 2.88. The van der Waals surface area contributed by atoms with Crippen molar-refractivity contribution in [1.29, 1.82) is 0 Å². The van der Waals surface area contributed by atoms with Crippen LogP contribution in [0.3, 0.4) is 0 Å². The van der Waals surface area contributed by atoms with Crippen LogP contribution in [0.5, 0.6) is 0 Å². The standard InChI is InChI=1S/C12H21N3O2/c1-4-12(6-5-7-13-8-12)11-14-10(15-17-11)9(2)16-3/h9,13H,4-8H2,1-3H3.